The Morgan fingerprint density at radius 1 is 1.33 bits per heavy atom. The summed E-state index contributed by atoms with van der Waals surface area (Å²) in [5.41, 5.74) is -0.395. The predicted molar refractivity (Wildman–Crippen MR) is 68.1 cm³/mol. The summed E-state index contributed by atoms with van der Waals surface area (Å²) >= 11 is 0. The molecular weight excluding hydrogens is 235 g/mol. The average Bonchev–Trinajstić information content (AvgIpc) is 2.35. The molecule has 1 aromatic rings. The van der Waals surface area contributed by atoms with Crippen LogP contribution in [-0.4, -0.2) is 22.4 Å². The average molecular weight is 256 g/mol. The molecule has 1 rings (SSSR count). The van der Waals surface area contributed by atoms with Crippen molar-refractivity contribution in [3.05, 3.63) is 29.6 Å². The molecule has 0 bridgehead atoms. The van der Waals surface area contributed by atoms with E-state index in [0.29, 0.717) is 18.4 Å². The minimum Gasteiger partial charge on any atom is -0.490 e. The molecule has 0 aromatic heterocycles. The van der Waals surface area contributed by atoms with Crippen LogP contribution in [0.25, 0.3) is 0 Å². The van der Waals surface area contributed by atoms with Crippen LogP contribution in [0.15, 0.2) is 18.2 Å². The highest BCUT2D eigenvalue weighted by Crippen LogP contribution is 2.27. The Morgan fingerprint density at radius 3 is 2.44 bits per heavy atom. The number of hydrogen-bond acceptors (Lipinski definition) is 3. The molecule has 18 heavy (non-hydrogen) atoms. The van der Waals surface area contributed by atoms with Gasteiger partial charge in [-0.2, -0.15) is 0 Å². The molecule has 0 unspecified atom stereocenters. The van der Waals surface area contributed by atoms with Crippen molar-refractivity contribution in [3.63, 3.8) is 0 Å². The number of rotatable bonds is 6. The van der Waals surface area contributed by atoms with Crippen LogP contribution in [0.2, 0.25) is 0 Å². The summed E-state index contributed by atoms with van der Waals surface area (Å²) < 4.78 is 18.6. The van der Waals surface area contributed by atoms with Gasteiger partial charge in [-0.3, -0.25) is 0 Å². The van der Waals surface area contributed by atoms with Gasteiger partial charge in [-0.05, 0) is 31.9 Å². The van der Waals surface area contributed by atoms with E-state index in [1.807, 2.05) is 13.8 Å². The van der Waals surface area contributed by atoms with Crippen LogP contribution in [0.4, 0.5) is 4.39 Å². The van der Waals surface area contributed by atoms with Gasteiger partial charge in [-0.1, -0.05) is 13.8 Å². The SMILES string of the molecule is CCC(O)(CC)COc1cc(F)ccc1[C@@H](C)O. The maximum Gasteiger partial charge on any atom is 0.128 e. The van der Waals surface area contributed by atoms with Crippen molar-refractivity contribution in [2.24, 2.45) is 0 Å². The van der Waals surface area contributed by atoms with Crippen LogP contribution < -0.4 is 4.74 Å². The predicted octanol–water partition coefficient (Wildman–Crippen LogP) is 2.81. The molecule has 4 heteroatoms. The molecule has 0 aliphatic rings. The monoisotopic (exact) mass is 256 g/mol. The van der Waals surface area contributed by atoms with E-state index in [4.69, 9.17) is 4.74 Å². The Labute approximate surface area is 107 Å². The van der Waals surface area contributed by atoms with Gasteiger partial charge in [0.1, 0.15) is 18.2 Å². The van der Waals surface area contributed by atoms with E-state index in [0.717, 1.165) is 0 Å². The van der Waals surface area contributed by atoms with E-state index < -0.39 is 17.5 Å². The largest absolute Gasteiger partial charge is 0.490 e. The summed E-state index contributed by atoms with van der Waals surface area (Å²) in [6, 6.07) is 4.00. The second-order valence-electron chi connectivity index (χ2n) is 4.58. The standard InChI is InChI=1S/C14H21FO3/c1-4-14(17,5-2)9-18-13-8-11(15)6-7-12(13)10(3)16/h6-8,10,16-17H,4-5,9H2,1-3H3/t10-/m1/s1. The zero-order chi connectivity index (χ0) is 13.8. The van der Waals surface area contributed by atoms with Crippen molar-refractivity contribution in [1.29, 1.82) is 0 Å². The van der Waals surface area contributed by atoms with E-state index in [2.05, 4.69) is 0 Å². The number of aliphatic hydroxyl groups excluding tert-OH is 1. The van der Waals surface area contributed by atoms with E-state index in [1.165, 1.54) is 18.2 Å². The van der Waals surface area contributed by atoms with Crippen LogP contribution >= 0.6 is 0 Å². The van der Waals surface area contributed by atoms with Gasteiger partial charge in [-0.25, -0.2) is 4.39 Å². The number of ether oxygens (including phenoxy) is 1. The lowest BCUT2D eigenvalue weighted by atomic mass is 9.99. The van der Waals surface area contributed by atoms with Crippen molar-refractivity contribution in [2.45, 2.75) is 45.3 Å². The molecule has 0 saturated carbocycles. The zero-order valence-corrected chi connectivity index (χ0v) is 11.1. The van der Waals surface area contributed by atoms with Gasteiger partial charge in [-0.15, -0.1) is 0 Å². The Balaban J connectivity index is 2.86. The zero-order valence-electron chi connectivity index (χ0n) is 11.1. The number of halogens is 1. The summed E-state index contributed by atoms with van der Waals surface area (Å²) in [5.74, 6) is -0.142. The van der Waals surface area contributed by atoms with Crippen LogP contribution in [0, 0.1) is 5.82 Å². The maximum absolute atomic E-state index is 13.2. The molecule has 0 saturated heterocycles. The van der Waals surface area contributed by atoms with Crippen molar-refractivity contribution in [1.82, 2.24) is 0 Å². The Morgan fingerprint density at radius 2 is 1.94 bits per heavy atom. The highest BCUT2D eigenvalue weighted by Gasteiger charge is 2.24. The lowest BCUT2D eigenvalue weighted by Crippen LogP contribution is -2.34. The molecule has 0 aliphatic carbocycles. The molecular formula is C14H21FO3. The topological polar surface area (TPSA) is 49.7 Å². The first-order valence-corrected chi connectivity index (χ1v) is 6.24. The second-order valence-corrected chi connectivity index (χ2v) is 4.58. The fourth-order valence-electron chi connectivity index (χ4n) is 1.64. The minimum atomic E-state index is -0.914. The molecule has 102 valence electrons. The van der Waals surface area contributed by atoms with E-state index in [-0.39, 0.29) is 12.4 Å². The quantitative estimate of drug-likeness (QED) is 0.822. The molecule has 0 heterocycles. The molecule has 0 fully saturated rings. The maximum atomic E-state index is 13.2. The van der Waals surface area contributed by atoms with Crippen molar-refractivity contribution >= 4 is 0 Å². The number of benzene rings is 1. The molecule has 0 radical (unpaired) electrons. The molecule has 1 aromatic carbocycles. The first-order chi connectivity index (χ1) is 8.41. The minimum absolute atomic E-state index is 0.0865. The van der Waals surface area contributed by atoms with Crippen molar-refractivity contribution < 1.29 is 19.3 Å². The second kappa shape index (κ2) is 6.16. The van der Waals surface area contributed by atoms with Crippen LogP contribution in [0.3, 0.4) is 0 Å². The molecule has 3 nitrogen and oxygen atoms in total. The molecule has 0 amide bonds. The van der Waals surface area contributed by atoms with E-state index in [1.54, 1.807) is 6.92 Å². The van der Waals surface area contributed by atoms with Gasteiger partial charge in [0, 0.05) is 11.6 Å². The normalized spacial score (nSPS) is 13.4. The van der Waals surface area contributed by atoms with Gasteiger partial charge in [0.2, 0.25) is 0 Å². The van der Waals surface area contributed by atoms with Crippen LogP contribution in [0.1, 0.15) is 45.3 Å². The molecule has 1 atom stereocenters. The Bertz CT molecular complexity index is 387. The van der Waals surface area contributed by atoms with Gasteiger partial charge in [0.25, 0.3) is 0 Å². The molecule has 0 spiro atoms. The molecule has 0 aliphatic heterocycles. The highest BCUT2D eigenvalue weighted by molar-refractivity contribution is 5.35. The molecule has 2 N–H and O–H groups in total. The van der Waals surface area contributed by atoms with Gasteiger partial charge in [0.05, 0.1) is 11.7 Å². The number of aliphatic hydroxyl groups is 2. The highest BCUT2D eigenvalue weighted by atomic mass is 19.1. The lowest BCUT2D eigenvalue weighted by Gasteiger charge is -2.26. The fourth-order valence-corrected chi connectivity index (χ4v) is 1.64. The van der Waals surface area contributed by atoms with Gasteiger partial charge >= 0.3 is 0 Å². The van der Waals surface area contributed by atoms with E-state index in [9.17, 15) is 14.6 Å². The summed E-state index contributed by atoms with van der Waals surface area (Å²) in [7, 11) is 0. The van der Waals surface area contributed by atoms with Crippen molar-refractivity contribution in [3.8, 4) is 5.75 Å². The van der Waals surface area contributed by atoms with Crippen LogP contribution in [-0.2, 0) is 0 Å². The van der Waals surface area contributed by atoms with E-state index >= 15 is 0 Å². The van der Waals surface area contributed by atoms with Crippen LogP contribution in [0.5, 0.6) is 5.75 Å². The van der Waals surface area contributed by atoms with Gasteiger partial charge < -0.3 is 14.9 Å². The summed E-state index contributed by atoms with van der Waals surface area (Å²) in [6.45, 7) is 5.41. The fraction of sp³-hybridized carbons (Fsp3) is 0.571. The van der Waals surface area contributed by atoms with Gasteiger partial charge in [0.15, 0.2) is 0 Å². The summed E-state index contributed by atoms with van der Waals surface area (Å²) in [5, 5.41) is 19.7. The number of hydrogen-bond donors (Lipinski definition) is 2. The summed E-state index contributed by atoms with van der Waals surface area (Å²) in [6.07, 6.45) is 0.378. The lowest BCUT2D eigenvalue weighted by molar-refractivity contribution is -0.0122. The van der Waals surface area contributed by atoms with Crippen molar-refractivity contribution in [2.75, 3.05) is 6.61 Å². The third kappa shape index (κ3) is 3.68. The first kappa shape index (κ1) is 14.9. The Hall–Kier alpha value is -1.13. The first-order valence-electron chi connectivity index (χ1n) is 6.24. The smallest absolute Gasteiger partial charge is 0.128 e. The Kier molecular flexibility index (Phi) is 5.11. The summed E-state index contributed by atoms with van der Waals surface area (Å²) in [4.78, 5) is 0. The third-order valence-electron chi connectivity index (χ3n) is 3.24. The third-order valence-corrected chi connectivity index (χ3v) is 3.24.